The second kappa shape index (κ2) is 7.15. The van der Waals surface area contributed by atoms with Crippen LogP contribution in [0.25, 0.3) is 16.8 Å². The van der Waals surface area contributed by atoms with Crippen molar-refractivity contribution in [2.75, 3.05) is 12.0 Å². The number of benzene rings is 2. The van der Waals surface area contributed by atoms with Crippen molar-refractivity contribution in [3.05, 3.63) is 90.3 Å². The van der Waals surface area contributed by atoms with Crippen molar-refractivity contribution in [2.45, 2.75) is 13.5 Å². The maximum absolute atomic E-state index is 13.2. The highest BCUT2D eigenvalue weighted by Crippen LogP contribution is 2.35. The topological polar surface area (TPSA) is 60.2 Å². The van der Waals surface area contributed by atoms with Gasteiger partial charge in [0.25, 0.3) is 5.91 Å². The molecule has 0 saturated heterocycles. The average Bonchev–Trinajstić information content (AvgIpc) is 3.37. The van der Waals surface area contributed by atoms with Crippen LogP contribution in [0.15, 0.2) is 73.4 Å². The molecule has 4 aromatic rings. The molecule has 2 aromatic carbocycles. The number of pyridine rings is 1. The lowest BCUT2D eigenvalue weighted by atomic mass is 10.0. The summed E-state index contributed by atoms with van der Waals surface area (Å²) in [4.78, 5) is 23.3. The summed E-state index contributed by atoms with van der Waals surface area (Å²) in [5.74, 6) is 0.681. The van der Waals surface area contributed by atoms with Gasteiger partial charge < -0.3 is 14.2 Å². The van der Waals surface area contributed by atoms with E-state index in [9.17, 15) is 4.79 Å². The van der Waals surface area contributed by atoms with Crippen molar-refractivity contribution in [1.29, 1.82) is 0 Å². The molecule has 30 heavy (non-hydrogen) atoms. The van der Waals surface area contributed by atoms with Crippen LogP contribution in [0.3, 0.4) is 0 Å². The number of carbonyl (C=O) groups excluding carboxylic acids is 1. The van der Waals surface area contributed by atoms with Gasteiger partial charge in [0.05, 0.1) is 31.4 Å². The van der Waals surface area contributed by atoms with E-state index in [1.807, 2.05) is 60.2 Å². The summed E-state index contributed by atoms with van der Waals surface area (Å²) in [5, 5.41) is 0. The highest BCUT2D eigenvalue weighted by atomic mass is 16.5. The van der Waals surface area contributed by atoms with Crippen LogP contribution in [0.1, 0.15) is 21.6 Å². The minimum absolute atomic E-state index is 0.00538. The van der Waals surface area contributed by atoms with Gasteiger partial charge in [-0.2, -0.15) is 0 Å². The Bertz CT molecular complexity index is 1250. The molecular weight excluding hydrogens is 376 g/mol. The van der Waals surface area contributed by atoms with E-state index in [1.54, 1.807) is 30.7 Å². The van der Waals surface area contributed by atoms with E-state index in [2.05, 4.69) is 16.0 Å². The number of amides is 1. The Morgan fingerprint density at radius 1 is 1.00 bits per heavy atom. The number of anilines is 1. The van der Waals surface area contributed by atoms with Crippen LogP contribution in [0.5, 0.6) is 5.75 Å². The van der Waals surface area contributed by atoms with E-state index < -0.39 is 0 Å². The summed E-state index contributed by atoms with van der Waals surface area (Å²) in [6.45, 7) is 2.48. The first-order chi connectivity index (χ1) is 14.6. The lowest BCUT2D eigenvalue weighted by Crippen LogP contribution is -2.23. The fraction of sp³-hybridized carbons (Fsp3) is 0.125. The molecule has 0 atom stereocenters. The number of imidazole rings is 1. The first-order valence-electron chi connectivity index (χ1n) is 9.68. The van der Waals surface area contributed by atoms with Gasteiger partial charge in [-0.3, -0.25) is 9.78 Å². The van der Waals surface area contributed by atoms with E-state index in [0.29, 0.717) is 12.3 Å². The summed E-state index contributed by atoms with van der Waals surface area (Å²) in [6, 6.07) is 15.7. The molecule has 148 valence electrons. The summed E-state index contributed by atoms with van der Waals surface area (Å²) < 4.78 is 7.52. The van der Waals surface area contributed by atoms with Crippen molar-refractivity contribution in [2.24, 2.45) is 0 Å². The third-order valence-corrected chi connectivity index (χ3v) is 5.39. The van der Waals surface area contributed by atoms with Gasteiger partial charge in [0.2, 0.25) is 0 Å². The Kier molecular flexibility index (Phi) is 4.32. The fourth-order valence-electron chi connectivity index (χ4n) is 3.83. The molecule has 0 aliphatic carbocycles. The monoisotopic (exact) mass is 396 g/mol. The first kappa shape index (κ1) is 18.1. The number of hydrogen-bond acceptors (Lipinski definition) is 4. The number of aryl methyl sites for hydroxylation is 1. The van der Waals surface area contributed by atoms with Crippen molar-refractivity contribution in [1.82, 2.24) is 14.5 Å². The zero-order valence-electron chi connectivity index (χ0n) is 16.7. The molecule has 0 unspecified atom stereocenters. The van der Waals surface area contributed by atoms with Crippen LogP contribution in [0.2, 0.25) is 0 Å². The number of hydrogen-bond donors (Lipinski definition) is 0. The first-order valence-corrected chi connectivity index (χ1v) is 9.68. The molecule has 3 heterocycles. The van der Waals surface area contributed by atoms with Gasteiger partial charge in [0.15, 0.2) is 0 Å². The third-order valence-electron chi connectivity index (χ3n) is 5.39. The number of methoxy groups -OCH3 is 1. The predicted octanol–water partition coefficient (Wildman–Crippen LogP) is 4.41. The van der Waals surface area contributed by atoms with Crippen LogP contribution in [-0.2, 0) is 6.54 Å². The second-order valence-electron chi connectivity index (χ2n) is 7.28. The SMILES string of the molecule is COc1cc(N2Cc3ccc(-c4ccncc4)cc3C2=O)ccc1-n1cnc(C)c1. The molecule has 0 radical (unpaired) electrons. The van der Waals surface area contributed by atoms with Gasteiger partial charge in [-0.05, 0) is 53.9 Å². The molecule has 0 spiro atoms. The average molecular weight is 396 g/mol. The summed E-state index contributed by atoms with van der Waals surface area (Å²) in [6.07, 6.45) is 7.21. The fourth-order valence-corrected chi connectivity index (χ4v) is 3.83. The zero-order valence-corrected chi connectivity index (χ0v) is 16.7. The molecule has 2 aromatic heterocycles. The molecule has 6 heteroatoms. The minimum Gasteiger partial charge on any atom is -0.494 e. The quantitative estimate of drug-likeness (QED) is 0.513. The van der Waals surface area contributed by atoms with Gasteiger partial charge in [-0.1, -0.05) is 12.1 Å². The molecule has 1 aliphatic heterocycles. The summed E-state index contributed by atoms with van der Waals surface area (Å²) >= 11 is 0. The number of rotatable bonds is 4. The lowest BCUT2D eigenvalue weighted by molar-refractivity contribution is 0.0996. The lowest BCUT2D eigenvalue weighted by Gasteiger charge is -2.18. The minimum atomic E-state index is -0.00538. The van der Waals surface area contributed by atoms with Crippen molar-refractivity contribution in [3.8, 4) is 22.6 Å². The predicted molar refractivity (Wildman–Crippen MR) is 115 cm³/mol. The summed E-state index contributed by atoms with van der Waals surface area (Å²) in [7, 11) is 1.63. The molecule has 0 N–H and O–H groups in total. The Labute approximate surface area is 174 Å². The number of ether oxygens (including phenoxy) is 1. The zero-order chi connectivity index (χ0) is 20.7. The molecule has 1 aliphatic rings. The van der Waals surface area contributed by atoms with Crippen LogP contribution >= 0.6 is 0 Å². The number of fused-ring (bicyclic) bond motifs is 1. The smallest absolute Gasteiger partial charge is 0.258 e. The van der Waals surface area contributed by atoms with E-state index in [-0.39, 0.29) is 5.91 Å². The Hall–Kier alpha value is -3.93. The van der Waals surface area contributed by atoms with Crippen LogP contribution in [0.4, 0.5) is 5.69 Å². The van der Waals surface area contributed by atoms with Crippen molar-refractivity contribution < 1.29 is 9.53 Å². The van der Waals surface area contributed by atoms with Gasteiger partial charge >= 0.3 is 0 Å². The molecule has 5 rings (SSSR count). The molecule has 6 nitrogen and oxygen atoms in total. The van der Waals surface area contributed by atoms with Crippen LogP contribution in [0, 0.1) is 6.92 Å². The Morgan fingerprint density at radius 2 is 1.83 bits per heavy atom. The molecule has 1 amide bonds. The maximum Gasteiger partial charge on any atom is 0.258 e. The highest BCUT2D eigenvalue weighted by molar-refractivity contribution is 6.10. The number of aromatic nitrogens is 3. The second-order valence-corrected chi connectivity index (χ2v) is 7.28. The van der Waals surface area contributed by atoms with Gasteiger partial charge in [-0.25, -0.2) is 4.98 Å². The molecular formula is C24H20N4O2. The Morgan fingerprint density at radius 3 is 2.57 bits per heavy atom. The standard InChI is InChI=1S/C24H20N4O2/c1-16-13-27(15-26-16)22-6-5-20(12-23(22)30-2)28-14-19-4-3-18(11-21(19)24(28)29)17-7-9-25-10-8-17/h3-13,15H,14H2,1-2H3. The van der Waals surface area contributed by atoms with Crippen molar-refractivity contribution >= 4 is 11.6 Å². The van der Waals surface area contributed by atoms with E-state index in [1.165, 1.54) is 0 Å². The van der Waals surface area contributed by atoms with E-state index >= 15 is 0 Å². The molecule has 0 fully saturated rings. The highest BCUT2D eigenvalue weighted by Gasteiger charge is 2.29. The van der Waals surface area contributed by atoms with Gasteiger partial charge in [0, 0.05) is 35.9 Å². The molecule has 0 saturated carbocycles. The van der Waals surface area contributed by atoms with Gasteiger partial charge in [-0.15, -0.1) is 0 Å². The summed E-state index contributed by atoms with van der Waals surface area (Å²) in [5.41, 5.74) is 6.42. The molecule has 0 bridgehead atoms. The van der Waals surface area contributed by atoms with E-state index in [4.69, 9.17) is 4.74 Å². The van der Waals surface area contributed by atoms with Crippen LogP contribution < -0.4 is 9.64 Å². The van der Waals surface area contributed by atoms with Gasteiger partial charge in [0.1, 0.15) is 5.75 Å². The normalized spacial score (nSPS) is 12.9. The van der Waals surface area contributed by atoms with E-state index in [0.717, 1.165) is 39.3 Å². The van der Waals surface area contributed by atoms with Crippen molar-refractivity contribution in [3.63, 3.8) is 0 Å². The number of nitrogens with zero attached hydrogens (tertiary/aromatic N) is 4. The third kappa shape index (κ3) is 3.03. The maximum atomic E-state index is 13.2. The largest absolute Gasteiger partial charge is 0.494 e. The van der Waals surface area contributed by atoms with Crippen LogP contribution in [-0.4, -0.2) is 27.6 Å². The Balaban J connectivity index is 1.48. The number of carbonyl (C=O) groups is 1.